The van der Waals surface area contributed by atoms with Crippen molar-refractivity contribution in [1.82, 2.24) is 4.90 Å². The highest BCUT2D eigenvalue weighted by Gasteiger charge is 2.38. The number of aryl methyl sites for hydroxylation is 2. The molecule has 0 radical (unpaired) electrons. The van der Waals surface area contributed by atoms with Gasteiger partial charge in [-0.2, -0.15) is 0 Å². The van der Waals surface area contributed by atoms with Gasteiger partial charge in [0.15, 0.2) is 6.61 Å². The van der Waals surface area contributed by atoms with Crippen molar-refractivity contribution in [3.8, 4) is 5.75 Å². The van der Waals surface area contributed by atoms with E-state index in [9.17, 15) is 19.5 Å². The predicted molar refractivity (Wildman–Crippen MR) is 128 cm³/mol. The van der Waals surface area contributed by atoms with Gasteiger partial charge in [-0.25, -0.2) is 4.79 Å². The number of nitrogens with zero attached hydrogens (tertiary/aromatic N) is 1. The fourth-order valence-corrected chi connectivity index (χ4v) is 5.52. The van der Waals surface area contributed by atoms with Crippen molar-refractivity contribution < 1.29 is 23.8 Å². The summed E-state index contributed by atoms with van der Waals surface area (Å²) in [4.78, 5) is 39.1. The Hall–Kier alpha value is -3.61. The number of ether oxygens (including phenoxy) is 1. The number of carboxylic acids is 1. The number of carbonyl (C=O) groups excluding carboxylic acids is 2. The minimum absolute atomic E-state index is 0.175. The summed E-state index contributed by atoms with van der Waals surface area (Å²) in [5.74, 6) is -0.825. The molecule has 2 aromatic carbocycles. The summed E-state index contributed by atoms with van der Waals surface area (Å²) in [6.07, 6.45) is 4.24. The summed E-state index contributed by atoms with van der Waals surface area (Å²) in [6, 6.07) is 12.8. The number of piperidine rings is 1. The smallest absolute Gasteiger partial charge is 0.339 e. The van der Waals surface area contributed by atoms with Gasteiger partial charge >= 0.3 is 5.63 Å². The molecule has 1 fully saturated rings. The zero-order valence-electron chi connectivity index (χ0n) is 19.8. The number of rotatable bonds is 5. The van der Waals surface area contributed by atoms with Crippen molar-refractivity contribution in [1.29, 1.82) is 0 Å². The Kier molecular flexibility index (Phi) is 6.09. The van der Waals surface area contributed by atoms with Gasteiger partial charge in [0.2, 0.25) is 0 Å². The average molecular weight is 475 g/mol. The Balaban J connectivity index is 1.29. The minimum atomic E-state index is -1.11. The third-order valence-corrected chi connectivity index (χ3v) is 7.63. The molecule has 0 bridgehead atoms. The lowest BCUT2D eigenvalue weighted by molar-refractivity contribution is -0.315. The lowest BCUT2D eigenvalue weighted by Crippen LogP contribution is -2.54. The van der Waals surface area contributed by atoms with Gasteiger partial charge in [-0.15, -0.1) is 0 Å². The molecule has 3 aromatic rings. The van der Waals surface area contributed by atoms with Crippen molar-refractivity contribution in [2.45, 2.75) is 50.9 Å². The first-order valence-corrected chi connectivity index (χ1v) is 12.2. The van der Waals surface area contributed by atoms with Gasteiger partial charge in [0.05, 0.1) is 5.97 Å². The first-order valence-electron chi connectivity index (χ1n) is 12.2. The summed E-state index contributed by atoms with van der Waals surface area (Å²) < 4.78 is 11.5. The molecule has 7 heteroatoms. The number of aliphatic carboxylic acids is 1. The van der Waals surface area contributed by atoms with E-state index in [0.29, 0.717) is 35.5 Å². The molecule has 182 valence electrons. The van der Waals surface area contributed by atoms with Gasteiger partial charge in [0, 0.05) is 35.0 Å². The zero-order chi connectivity index (χ0) is 24.6. The summed E-state index contributed by atoms with van der Waals surface area (Å²) in [6.45, 7) is 2.27. The van der Waals surface area contributed by atoms with E-state index >= 15 is 0 Å². The molecule has 0 saturated carbocycles. The van der Waals surface area contributed by atoms with Gasteiger partial charge in [-0.3, -0.25) is 4.79 Å². The van der Waals surface area contributed by atoms with Crippen LogP contribution in [0.1, 0.15) is 47.9 Å². The minimum Gasteiger partial charge on any atom is -0.549 e. The molecule has 5 rings (SSSR count). The number of amides is 1. The molecule has 35 heavy (non-hydrogen) atoms. The quantitative estimate of drug-likeness (QED) is 0.527. The van der Waals surface area contributed by atoms with E-state index in [0.717, 1.165) is 42.2 Å². The Morgan fingerprint density at radius 3 is 2.40 bits per heavy atom. The summed E-state index contributed by atoms with van der Waals surface area (Å²) in [5.41, 5.74) is 2.38. The van der Waals surface area contributed by atoms with E-state index in [1.807, 2.05) is 37.3 Å². The normalized spacial score (nSPS) is 17.1. The molecule has 1 saturated heterocycles. The lowest BCUT2D eigenvalue weighted by atomic mass is 9.73. The molecule has 1 aliphatic heterocycles. The number of likely N-dealkylation sites (tertiary alicyclic amines) is 1. The van der Waals surface area contributed by atoms with Gasteiger partial charge in [-0.05, 0) is 68.7 Å². The van der Waals surface area contributed by atoms with Crippen LogP contribution in [0.3, 0.4) is 0 Å². The molecule has 0 unspecified atom stereocenters. The van der Waals surface area contributed by atoms with Crippen molar-refractivity contribution in [3.63, 3.8) is 0 Å². The van der Waals surface area contributed by atoms with E-state index in [1.165, 1.54) is 0 Å². The lowest BCUT2D eigenvalue weighted by Gasteiger charge is -2.42. The predicted octanol–water partition coefficient (Wildman–Crippen LogP) is 2.67. The highest BCUT2D eigenvalue weighted by Crippen LogP contribution is 2.36. The second-order valence-electron chi connectivity index (χ2n) is 9.52. The maximum Gasteiger partial charge on any atom is 0.339 e. The Bertz CT molecular complexity index is 1340. The molecule has 2 heterocycles. The molecular weight excluding hydrogens is 446 g/mol. The van der Waals surface area contributed by atoms with Crippen LogP contribution in [-0.4, -0.2) is 36.5 Å². The number of fused-ring (bicyclic) bond motifs is 3. The fraction of sp³-hybridized carbons (Fsp3) is 0.393. The molecule has 1 aromatic heterocycles. The molecule has 0 atom stereocenters. The van der Waals surface area contributed by atoms with Gasteiger partial charge < -0.3 is 24.0 Å². The second kappa shape index (κ2) is 9.21. The van der Waals surface area contributed by atoms with Crippen LogP contribution >= 0.6 is 0 Å². The second-order valence-corrected chi connectivity index (χ2v) is 9.52. The summed E-state index contributed by atoms with van der Waals surface area (Å²) in [7, 11) is 0. The third-order valence-electron chi connectivity index (χ3n) is 7.63. The topological polar surface area (TPSA) is 99.9 Å². The number of benzene rings is 2. The van der Waals surface area contributed by atoms with Crippen LogP contribution in [-0.2, 0) is 27.8 Å². The van der Waals surface area contributed by atoms with Gasteiger partial charge in [0.1, 0.15) is 11.3 Å². The standard InChI is InChI=1S/C28H29NO6/c1-18-23(12-11-21-20-9-5-6-10-22(20)26(31)35-25(18)21)34-17-24(30)29-15-13-28(14-16-29,27(32)33)19-7-3-2-4-8-19/h2-4,7-8,11-12H,5-6,9-10,13-17H2,1H3,(H,32,33)/p-1. The Morgan fingerprint density at radius 2 is 1.71 bits per heavy atom. The van der Waals surface area contributed by atoms with E-state index in [4.69, 9.17) is 9.15 Å². The first kappa shape index (κ1) is 23.1. The molecule has 0 N–H and O–H groups in total. The molecule has 0 spiro atoms. The highest BCUT2D eigenvalue weighted by atomic mass is 16.5. The van der Waals surface area contributed by atoms with Crippen LogP contribution in [0.2, 0.25) is 0 Å². The number of hydrogen-bond acceptors (Lipinski definition) is 6. The number of carboxylic acid groups (broad SMARTS) is 1. The van der Waals surface area contributed by atoms with Gasteiger partial charge in [0.25, 0.3) is 5.91 Å². The van der Waals surface area contributed by atoms with Crippen molar-refractivity contribution in [2.24, 2.45) is 0 Å². The van der Waals surface area contributed by atoms with Gasteiger partial charge in [-0.1, -0.05) is 30.3 Å². The molecule has 2 aliphatic rings. The SMILES string of the molecule is Cc1c(OCC(=O)N2CCC(C(=O)[O-])(c3ccccc3)CC2)ccc2c3c(c(=O)oc12)CCCC3. The third kappa shape index (κ3) is 4.09. The average Bonchev–Trinajstić information content (AvgIpc) is 2.89. The maximum absolute atomic E-state index is 12.9. The van der Waals surface area contributed by atoms with E-state index < -0.39 is 11.4 Å². The first-order chi connectivity index (χ1) is 16.9. The summed E-state index contributed by atoms with van der Waals surface area (Å²) >= 11 is 0. The number of hydrogen-bond donors (Lipinski definition) is 0. The van der Waals surface area contributed by atoms with E-state index in [2.05, 4.69) is 0 Å². The molecule has 1 aliphatic carbocycles. The molecule has 1 amide bonds. The fourth-order valence-electron chi connectivity index (χ4n) is 5.52. The van der Waals surface area contributed by atoms with Crippen LogP contribution in [0.5, 0.6) is 5.75 Å². The van der Waals surface area contributed by atoms with Crippen molar-refractivity contribution in [2.75, 3.05) is 19.7 Å². The van der Waals surface area contributed by atoms with Crippen LogP contribution < -0.4 is 15.5 Å². The molecular formula is C28H28NO6-. The Labute approximate surface area is 203 Å². The van der Waals surface area contributed by atoms with Crippen LogP contribution in [0.25, 0.3) is 11.0 Å². The number of carbonyl (C=O) groups is 2. The molecule has 7 nitrogen and oxygen atoms in total. The largest absolute Gasteiger partial charge is 0.549 e. The van der Waals surface area contributed by atoms with Crippen molar-refractivity contribution >= 4 is 22.8 Å². The summed E-state index contributed by atoms with van der Waals surface area (Å²) in [5, 5.41) is 13.0. The Morgan fingerprint density at radius 1 is 1.03 bits per heavy atom. The maximum atomic E-state index is 12.9. The monoisotopic (exact) mass is 474 g/mol. The van der Waals surface area contributed by atoms with E-state index in [1.54, 1.807) is 17.0 Å². The van der Waals surface area contributed by atoms with Crippen LogP contribution in [0.15, 0.2) is 51.7 Å². The van der Waals surface area contributed by atoms with Crippen LogP contribution in [0, 0.1) is 6.92 Å². The zero-order valence-corrected chi connectivity index (χ0v) is 19.8. The van der Waals surface area contributed by atoms with Crippen LogP contribution in [0.4, 0.5) is 0 Å². The van der Waals surface area contributed by atoms with E-state index in [-0.39, 0.29) is 31.0 Å². The van der Waals surface area contributed by atoms with Crippen molar-refractivity contribution in [3.05, 3.63) is 75.1 Å². The highest BCUT2D eigenvalue weighted by molar-refractivity contribution is 5.86.